The summed E-state index contributed by atoms with van der Waals surface area (Å²) >= 11 is -1.28. The number of rotatable bonds is 5. The number of aromatic nitrogens is 5. The first-order valence-electron chi connectivity index (χ1n) is 8.28. The Morgan fingerprint density at radius 2 is 2.12 bits per heavy atom. The fraction of sp³-hybridized carbons (Fsp3) is 0.375. The molecule has 1 aliphatic carbocycles. The van der Waals surface area contributed by atoms with E-state index in [0.717, 1.165) is 30.7 Å². The van der Waals surface area contributed by atoms with Gasteiger partial charge >= 0.3 is 0 Å². The molecule has 3 N–H and O–H groups in total. The zero-order chi connectivity index (χ0) is 18.1. The van der Waals surface area contributed by atoms with Crippen LogP contribution in [0.4, 0.5) is 5.95 Å². The third-order valence-electron chi connectivity index (χ3n) is 4.56. The average molecular weight is 373 g/mol. The number of ether oxygens (including phenoxy) is 1. The molecule has 0 bridgehead atoms. The number of hydrogen-bond donors (Lipinski definition) is 2. The summed E-state index contributed by atoms with van der Waals surface area (Å²) in [5, 5.41) is 17.1. The van der Waals surface area contributed by atoms with Crippen molar-refractivity contribution in [1.29, 1.82) is 0 Å². The van der Waals surface area contributed by atoms with Gasteiger partial charge in [0.1, 0.15) is 11.0 Å². The minimum Gasteiger partial charge on any atom is -0.598 e. The molecule has 2 aromatic heterocycles. The summed E-state index contributed by atoms with van der Waals surface area (Å²) in [6.07, 6.45) is 4.13. The lowest BCUT2D eigenvalue weighted by Gasteiger charge is -2.13. The van der Waals surface area contributed by atoms with Gasteiger partial charge in [-0.3, -0.25) is 0 Å². The highest BCUT2D eigenvalue weighted by Gasteiger charge is 2.32. The zero-order valence-corrected chi connectivity index (χ0v) is 15.0. The topological polar surface area (TPSA) is 127 Å². The van der Waals surface area contributed by atoms with E-state index in [0.29, 0.717) is 17.1 Å². The van der Waals surface area contributed by atoms with Gasteiger partial charge < -0.3 is 14.6 Å². The molecule has 136 valence electrons. The van der Waals surface area contributed by atoms with E-state index in [4.69, 9.17) is 9.88 Å². The van der Waals surface area contributed by atoms with Crippen molar-refractivity contribution in [3.05, 3.63) is 30.5 Å². The van der Waals surface area contributed by atoms with E-state index in [2.05, 4.69) is 25.6 Å². The largest absolute Gasteiger partial charge is 0.598 e. The van der Waals surface area contributed by atoms with Crippen LogP contribution in [0.5, 0.6) is 5.75 Å². The van der Waals surface area contributed by atoms with Crippen LogP contribution in [0.2, 0.25) is 0 Å². The second kappa shape index (κ2) is 7.06. The van der Waals surface area contributed by atoms with Crippen LogP contribution < -0.4 is 15.2 Å². The van der Waals surface area contributed by atoms with Crippen molar-refractivity contribution in [2.45, 2.75) is 30.6 Å². The maximum absolute atomic E-state index is 11.4. The number of nitrogens with zero attached hydrogens (tertiary/aromatic N) is 5. The van der Waals surface area contributed by atoms with Crippen molar-refractivity contribution < 1.29 is 9.29 Å². The molecule has 3 aromatic rings. The molecule has 4 rings (SSSR count). The van der Waals surface area contributed by atoms with Gasteiger partial charge in [0, 0.05) is 23.8 Å². The van der Waals surface area contributed by atoms with Crippen molar-refractivity contribution in [3.8, 4) is 11.4 Å². The third-order valence-corrected chi connectivity index (χ3v) is 5.64. The highest BCUT2D eigenvalue weighted by Crippen LogP contribution is 2.26. The van der Waals surface area contributed by atoms with E-state index in [1.807, 2.05) is 24.3 Å². The van der Waals surface area contributed by atoms with Crippen molar-refractivity contribution >= 4 is 28.5 Å². The van der Waals surface area contributed by atoms with Crippen LogP contribution >= 0.6 is 0 Å². The Morgan fingerprint density at radius 1 is 1.31 bits per heavy atom. The molecule has 2 heterocycles. The zero-order valence-electron chi connectivity index (χ0n) is 14.2. The molecule has 0 aliphatic heterocycles. The summed E-state index contributed by atoms with van der Waals surface area (Å²) in [6, 6.07) is 7.65. The lowest BCUT2D eigenvalue weighted by atomic mass is 10.2. The molecule has 0 saturated heterocycles. The summed E-state index contributed by atoms with van der Waals surface area (Å²) in [7, 11) is 1.62. The summed E-state index contributed by atoms with van der Waals surface area (Å²) in [5.74, 6) is 1.27. The van der Waals surface area contributed by atoms with E-state index in [9.17, 15) is 4.55 Å². The van der Waals surface area contributed by atoms with E-state index >= 15 is 0 Å². The maximum Gasteiger partial charge on any atom is 0.225 e. The van der Waals surface area contributed by atoms with Gasteiger partial charge in [-0.25, -0.2) is 4.98 Å². The SMILES string of the molecule is COc1ccc(-n2nnc3cnc(N[C@@H]4CC[C@@H]([S+](N)[O-])C4)nc32)cc1. The van der Waals surface area contributed by atoms with Gasteiger partial charge in [-0.05, 0) is 37.1 Å². The molecular weight excluding hydrogens is 354 g/mol. The summed E-state index contributed by atoms with van der Waals surface area (Å²) in [5.41, 5.74) is 2.06. The van der Waals surface area contributed by atoms with Crippen LogP contribution in [-0.4, -0.2) is 47.9 Å². The fourth-order valence-corrected chi connectivity index (χ4v) is 3.95. The molecule has 1 aromatic carbocycles. The highest BCUT2D eigenvalue weighted by molar-refractivity contribution is 7.89. The van der Waals surface area contributed by atoms with Crippen molar-refractivity contribution in [2.75, 3.05) is 12.4 Å². The number of anilines is 1. The number of hydrogen-bond acceptors (Lipinski definition) is 8. The van der Waals surface area contributed by atoms with Crippen LogP contribution in [0.1, 0.15) is 19.3 Å². The van der Waals surface area contributed by atoms with Gasteiger partial charge in [-0.15, -0.1) is 5.10 Å². The minimum atomic E-state index is -1.28. The van der Waals surface area contributed by atoms with Gasteiger partial charge in [0.25, 0.3) is 0 Å². The van der Waals surface area contributed by atoms with E-state index in [-0.39, 0.29) is 11.3 Å². The molecule has 26 heavy (non-hydrogen) atoms. The smallest absolute Gasteiger partial charge is 0.225 e. The van der Waals surface area contributed by atoms with Crippen LogP contribution in [0, 0.1) is 0 Å². The van der Waals surface area contributed by atoms with Crippen LogP contribution in [0.3, 0.4) is 0 Å². The van der Waals surface area contributed by atoms with E-state index in [1.165, 1.54) is 0 Å². The number of methoxy groups -OCH3 is 1. The van der Waals surface area contributed by atoms with Gasteiger partial charge in [0.2, 0.25) is 5.95 Å². The van der Waals surface area contributed by atoms with Gasteiger partial charge in [0.05, 0.1) is 19.0 Å². The molecule has 1 unspecified atom stereocenters. The fourth-order valence-electron chi connectivity index (χ4n) is 3.16. The van der Waals surface area contributed by atoms with Gasteiger partial charge in [0.15, 0.2) is 11.2 Å². The molecule has 1 fully saturated rings. The normalized spacial score (nSPS) is 21.0. The molecule has 10 heteroatoms. The lowest BCUT2D eigenvalue weighted by molar-refractivity contribution is 0.414. The third kappa shape index (κ3) is 3.30. The number of benzene rings is 1. The molecule has 1 saturated carbocycles. The quantitative estimate of drug-likeness (QED) is 0.638. The first-order valence-corrected chi connectivity index (χ1v) is 9.56. The van der Waals surface area contributed by atoms with Crippen LogP contribution in [0.25, 0.3) is 16.9 Å². The standard InChI is InChI=1S/C16H19N7O2S/c1-25-12-5-3-11(4-6-12)23-15-14(21-22-23)9-18-16(20-15)19-10-2-7-13(8-10)26(17)24/h3-6,9-10,13H,2,7-8,17H2,1H3,(H,18,19,20)/t10-,13-,26?/m1/s1. The Kier molecular flexibility index (Phi) is 4.62. The molecular formula is C16H19N7O2S. The Hall–Kier alpha value is -2.43. The number of fused-ring (bicyclic) bond motifs is 1. The van der Waals surface area contributed by atoms with Crippen LogP contribution in [-0.2, 0) is 11.4 Å². The lowest BCUT2D eigenvalue weighted by Crippen LogP contribution is -2.28. The van der Waals surface area contributed by atoms with Crippen molar-refractivity contribution in [1.82, 2.24) is 25.0 Å². The monoisotopic (exact) mass is 373 g/mol. The maximum atomic E-state index is 11.4. The molecule has 0 spiro atoms. The second-order valence-electron chi connectivity index (χ2n) is 6.21. The van der Waals surface area contributed by atoms with Gasteiger partial charge in [-0.1, -0.05) is 5.21 Å². The number of nitrogens with two attached hydrogens (primary N) is 1. The second-order valence-corrected chi connectivity index (χ2v) is 7.53. The molecule has 0 radical (unpaired) electrons. The first-order chi connectivity index (χ1) is 12.6. The Morgan fingerprint density at radius 3 is 2.81 bits per heavy atom. The van der Waals surface area contributed by atoms with Crippen LogP contribution in [0.15, 0.2) is 30.5 Å². The van der Waals surface area contributed by atoms with E-state index < -0.39 is 11.4 Å². The molecule has 3 atom stereocenters. The minimum absolute atomic E-state index is 0.0303. The Balaban J connectivity index is 1.58. The van der Waals surface area contributed by atoms with Gasteiger partial charge in [-0.2, -0.15) is 14.8 Å². The summed E-state index contributed by atoms with van der Waals surface area (Å²) in [4.78, 5) is 8.87. The molecule has 1 aliphatic rings. The van der Waals surface area contributed by atoms with E-state index in [1.54, 1.807) is 18.0 Å². The summed E-state index contributed by atoms with van der Waals surface area (Å²) in [6.45, 7) is 0. The van der Waals surface area contributed by atoms with Crippen molar-refractivity contribution in [3.63, 3.8) is 0 Å². The van der Waals surface area contributed by atoms with Crippen molar-refractivity contribution in [2.24, 2.45) is 5.14 Å². The Bertz CT molecular complexity index is 899. The summed E-state index contributed by atoms with van der Waals surface area (Å²) < 4.78 is 18.3. The molecule has 0 amide bonds. The Labute approximate surface area is 153 Å². The predicted octanol–water partition coefficient (Wildman–Crippen LogP) is 1.17. The molecule has 9 nitrogen and oxygen atoms in total. The predicted molar refractivity (Wildman–Crippen MR) is 98.4 cm³/mol. The first kappa shape index (κ1) is 17.0. The average Bonchev–Trinajstić information content (AvgIpc) is 3.29. The highest BCUT2D eigenvalue weighted by atomic mass is 32.2. The number of nitrogens with one attached hydrogen (secondary N) is 1.